The van der Waals surface area contributed by atoms with Crippen LogP contribution in [0, 0.1) is 6.57 Å². The number of nitrogens with two attached hydrogens (primary N) is 1. The second kappa shape index (κ2) is 6.22. The number of nitrogens with one attached hydrogen (secondary N) is 1. The highest BCUT2D eigenvalue weighted by Crippen LogP contribution is 2.34. The van der Waals surface area contributed by atoms with E-state index in [2.05, 4.69) is 10.2 Å². The van der Waals surface area contributed by atoms with Crippen LogP contribution in [0.3, 0.4) is 0 Å². The SMILES string of the molecule is [C-]#[N+]c1cc(C(CO)NC(C)(C)CO)cc(Cl)c1N. The van der Waals surface area contributed by atoms with Crippen LogP contribution in [0.15, 0.2) is 12.1 Å². The van der Waals surface area contributed by atoms with Crippen LogP contribution in [-0.4, -0.2) is 29.0 Å². The number of hydrogen-bond acceptors (Lipinski definition) is 4. The molecular weight excluding hydrogens is 266 g/mol. The minimum atomic E-state index is -0.556. The first-order chi connectivity index (χ1) is 8.84. The van der Waals surface area contributed by atoms with Crippen molar-refractivity contribution in [3.8, 4) is 0 Å². The van der Waals surface area contributed by atoms with Gasteiger partial charge in [0.1, 0.15) is 0 Å². The van der Waals surface area contributed by atoms with Gasteiger partial charge < -0.3 is 21.3 Å². The molecule has 0 fully saturated rings. The summed E-state index contributed by atoms with van der Waals surface area (Å²) in [5, 5.41) is 22.1. The molecule has 0 amide bonds. The molecule has 1 unspecified atom stereocenters. The van der Waals surface area contributed by atoms with E-state index in [1.165, 1.54) is 0 Å². The van der Waals surface area contributed by atoms with E-state index in [1.54, 1.807) is 12.1 Å². The summed E-state index contributed by atoms with van der Waals surface area (Å²) in [5.74, 6) is 0. The lowest BCUT2D eigenvalue weighted by Gasteiger charge is -2.30. The number of halogens is 1. The van der Waals surface area contributed by atoms with Gasteiger partial charge in [-0.1, -0.05) is 11.6 Å². The normalized spacial score (nSPS) is 13.1. The summed E-state index contributed by atoms with van der Waals surface area (Å²) < 4.78 is 0. The molecule has 0 aliphatic rings. The van der Waals surface area contributed by atoms with Crippen LogP contribution in [0.4, 0.5) is 11.4 Å². The predicted molar refractivity (Wildman–Crippen MR) is 76.3 cm³/mol. The zero-order valence-corrected chi connectivity index (χ0v) is 11.7. The lowest BCUT2D eigenvalue weighted by molar-refractivity contribution is 0.150. The van der Waals surface area contributed by atoms with Gasteiger partial charge >= 0.3 is 0 Å². The van der Waals surface area contributed by atoms with Crippen molar-refractivity contribution >= 4 is 23.0 Å². The van der Waals surface area contributed by atoms with Crippen LogP contribution in [0.5, 0.6) is 0 Å². The Hall–Kier alpha value is -1.32. The standard InChI is InChI=1S/C13H18ClN3O2/c1-13(2,7-19)17-11(6-18)8-4-9(14)12(15)10(5-8)16-3/h4-5,11,17-19H,6-7,15H2,1-2H3. The molecule has 0 aromatic heterocycles. The lowest BCUT2D eigenvalue weighted by Crippen LogP contribution is -2.45. The zero-order chi connectivity index (χ0) is 14.6. The average molecular weight is 284 g/mol. The first-order valence-corrected chi connectivity index (χ1v) is 6.18. The van der Waals surface area contributed by atoms with Gasteiger partial charge in [-0.3, -0.25) is 0 Å². The molecule has 0 spiro atoms. The number of rotatable bonds is 5. The molecular formula is C13H18ClN3O2. The molecule has 0 aliphatic carbocycles. The number of nitrogens with zero attached hydrogens (tertiary/aromatic N) is 1. The molecule has 0 radical (unpaired) electrons. The predicted octanol–water partition coefficient (Wildman–Crippen LogP) is 1.87. The Morgan fingerprint density at radius 2 is 2.11 bits per heavy atom. The van der Waals surface area contributed by atoms with E-state index in [0.29, 0.717) is 5.56 Å². The fourth-order valence-corrected chi connectivity index (χ4v) is 1.89. The molecule has 1 aromatic rings. The van der Waals surface area contributed by atoms with Crippen LogP contribution in [0.1, 0.15) is 25.5 Å². The molecule has 0 saturated carbocycles. The molecule has 6 heteroatoms. The van der Waals surface area contributed by atoms with Crippen LogP contribution in [0.25, 0.3) is 4.85 Å². The van der Waals surface area contributed by atoms with Gasteiger partial charge in [0.05, 0.1) is 36.5 Å². The highest BCUT2D eigenvalue weighted by molar-refractivity contribution is 6.33. The van der Waals surface area contributed by atoms with Crippen molar-refractivity contribution in [1.82, 2.24) is 5.32 Å². The van der Waals surface area contributed by atoms with Crippen molar-refractivity contribution in [3.63, 3.8) is 0 Å². The summed E-state index contributed by atoms with van der Waals surface area (Å²) in [6.07, 6.45) is 0. The number of aliphatic hydroxyl groups is 2. The largest absolute Gasteiger partial charge is 0.406 e. The van der Waals surface area contributed by atoms with Crippen molar-refractivity contribution in [2.45, 2.75) is 25.4 Å². The number of anilines is 1. The topological polar surface area (TPSA) is 82.9 Å². The number of nitrogen functional groups attached to an aromatic ring is 1. The van der Waals surface area contributed by atoms with E-state index in [4.69, 9.17) is 23.9 Å². The maximum Gasteiger partial charge on any atom is 0.211 e. The second-order valence-corrected chi connectivity index (χ2v) is 5.38. The van der Waals surface area contributed by atoms with E-state index in [9.17, 15) is 10.2 Å². The summed E-state index contributed by atoms with van der Waals surface area (Å²) in [5.41, 5.74) is 6.28. The Labute approximate surface area is 117 Å². The van der Waals surface area contributed by atoms with Crippen molar-refractivity contribution in [2.24, 2.45) is 0 Å². The molecule has 104 valence electrons. The molecule has 19 heavy (non-hydrogen) atoms. The van der Waals surface area contributed by atoms with Gasteiger partial charge in [0.25, 0.3) is 0 Å². The van der Waals surface area contributed by atoms with Crippen LogP contribution in [0.2, 0.25) is 5.02 Å². The fraction of sp³-hybridized carbons (Fsp3) is 0.462. The van der Waals surface area contributed by atoms with Gasteiger partial charge in [-0.15, -0.1) is 0 Å². The summed E-state index contributed by atoms with van der Waals surface area (Å²) in [6.45, 7) is 10.4. The average Bonchev–Trinajstić information content (AvgIpc) is 2.39. The summed E-state index contributed by atoms with van der Waals surface area (Å²) in [4.78, 5) is 3.31. The lowest BCUT2D eigenvalue weighted by atomic mass is 10.0. The van der Waals surface area contributed by atoms with Gasteiger partial charge in [-0.25, -0.2) is 4.85 Å². The van der Waals surface area contributed by atoms with Gasteiger partial charge in [-0.05, 0) is 31.5 Å². The highest BCUT2D eigenvalue weighted by Gasteiger charge is 2.23. The molecule has 0 heterocycles. The van der Waals surface area contributed by atoms with Gasteiger partial charge in [-0.2, -0.15) is 0 Å². The van der Waals surface area contributed by atoms with Crippen molar-refractivity contribution in [3.05, 3.63) is 34.1 Å². The van der Waals surface area contributed by atoms with Crippen LogP contribution >= 0.6 is 11.6 Å². The third-order valence-electron chi connectivity index (χ3n) is 2.80. The third kappa shape index (κ3) is 3.82. The van der Waals surface area contributed by atoms with Crippen molar-refractivity contribution < 1.29 is 10.2 Å². The fourth-order valence-electron chi connectivity index (χ4n) is 1.67. The number of aliphatic hydroxyl groups excluding tert-OH is 2. The molecule has 5 N–H and O–H groups in total. The maximum atomic E-state index is 9.47. The van der Waals surface area contributed by atoms with E-state index in [1.807, 2.05) is 13.8 Å². The van der Waals surface area contributed by atoms with Gasteiger partial charge in [0.15, 0.2) is 0 Å². The number of hydrogen-bond donors (Lipinski definition) is 4. The summed E-state index contributed by atoms with van der Waals surface area (Å²) in [7, 11) is 0. The van der Waals surface area contributed by atoms with E-state index < -0.39 is 11.6 Å². The van der Waals surface area contributed by atoms with E-state index in [-0.39, 0.29) is 29.6 Å². The minimum absolute atomic E-state index is 0.0815. The van der Waals surface area contributed by atoms with Crippen LogP contribution in [-0.2, 0) is 0 Å². The first-order valence-electron chi connectivity index (χ1n) is 5.80. The van der Waals surface area contributed by atoms with Crippen LogP contribution < -0.4 is 11.1 Å². The Morgan fingerprint density at radius 3 is 2.58 bits per heavy atom. The van der Waals surface area contributed by atoms with Crippen molar-refractivity contribution in [1.29, 1.82) is 0 Å². The summed E-state index contributed by atoms with van der Waals surface area (Å²) >= 11 is 5.98. The number of benzene rings is 1. The van der Waals surface area contributed by atoms with E-state index in [0.717, 1.165) is 0 Å². The highest BCUT2D eigenvalue weighted by atomic mass is 35.5. The second-order valence-electron chi connectivity index (χ2n) is 4.97. The maximum absolute atomic E-state index is 9.47. The molecule has 5 nitrogen and oxygen atoms in total. The molecule has 0 saturated heterocycles. The monoisotopic (exact) mass is 283 g/mol. The molecule has 0 aliphatic heterocycles. The minimum Gasteiger partial charge on any atom is -0.406 e. The Kier molecular flexibility index (Phi) is 5.15. The van der Waals surface area contributed by atoms with Gasteiger partial charge in [0.2, 0.25) is 5.69 Å². The Bertz CT molecular complexity index is 497. The molecule has 0 bridgehead atoms. The first kappa shape index (κ1) is 15.7. The Balaban J connectivity index is 3.13. The molecule has 1 rings (SSSR count). The smallest absolute Gasteiger partial charge is 0.211 e. The third-order valence-corrected chi connectivity index (χ3v) is 3.11. The Morgan fingerprint density at radius 1 is 1.47 bits per heavy atom. The zero-order valence-electron chi connectivity index (χ0n) is 10.9. The van der Waals surface area contributed by atoms with Gasteiger partial charge in [0, 0.05) is 5.54 Å². The molecule has 1 aromatic carbocycles. The van der Waals surface area contributed by atoms with E-state index >= 15 is 0 Å². The van der Waals surface area contributed by atoms with Crippen molar-refractivity contribution in [2.75, 3.05) is 18.9 Å². The molecule has 1 atom stereocenters. The summed E-state index contributed by atoms with van der Waals surface area (Å²) in [6, 6.07) is 2.78. The quantitative estimate of drug-likeness (QED) is 0.491.